The molecular weight excluding hydrogens is 404 g/mol. The number of hydrogen-bond acceptors (Lipinski definition) is 5. The average Bonchev–Trinajstić information content (AvgIpc) is 3.57. The highest BCUT2D eigenvalue weighted by Gasteiger charge is 2.34. The molecule has 8 heteroatoms. The maximum atomic E-state index is 13.5. The number of primary amides is 1. The Balaban J connectivity index is 1.52. The van der Waals surface area contributed by atoms with Crippen molar-refractivity contribution in [3.63, 3.8) is 0 Å². The summed E-state index contributed by atoms with van der Waals surface area (Å²) < 4.78 is 1.69. The van der Waals surface area contributed by atoms with Crippen molar-refractivity contribution in [2.45, 2.75) is 18.9 Å². The van der Waals surface area contributed by atoms with Crippen molar-refractivity contribution in [2.24, 2.45) is 5.73 Å². The van der Waals surface area contributed by atoms with Gasteiger partial charge in [0, 0.05) is 40.8 Å². The zero-order valence-corrected chi connectivity index (χ0v) is 17.0. The topological polar surface area (TPSA) is 117 Å². The first-order valence-electron chi connectivity index (χ1n) is 10.1. The second-order valence-electron chi connectivity index (χ2n) is 7.66. The average molecular weight is 422 g/mol. The number of carbonyl (C=O) groups is 2. The third kappa shape index (κ3) is 3.46. The molecule has 0 saturated heterocycles. The first kappa shape index (κ1) is 19.5. The minimum atomic E-state index is -0.590. The zero-order valence-electron chi connectivity index (χ0n) is 17.0. The normalized spacial score (nSPS) is 13.0. The summed E-state index contributed by atoms with van der Waals surface area (Å²) in [5.74, 6) is -0.693. The van der Waals surface area contributed by atoms with Crippen molar-refractivity contribution in [2.75, 3.05) is 4.90 Å². The van der Waals surface area contributed by atoms with E-state index in [0.29, 0.717) is 11.1 Å². The quantitative estimate of drug-likeness (QED) is 0.530. The van der Waals surface area contributed by atoms with Crippen LogP contribution in [0.5, 0.6) is 0 Å². The molecule has 0 spiro atoms. The third-order valence-electron chi connectivity index (χ3n) is 5.50. The van der Waals surface area contributed by atoms with E-state index in [1.54, 1.807) is 58.3 Å². The number of carbonyl (C=O) groups excluding carboxylic acids is 2. The van der Waals surface area contributed by atoms with Gasteiger partial charge in [0.1, 0.15) is 5.69 Å². The van der Waals surface area contributed by atoms with Crippen LogP contribution in [0.3, 0.4) is 0 Å². The molecule has 5 rings (SSSR count). The Hall–Kier alpha value is -4.51. The number of nitrogens with two attached hydrogens (primary N) is 1. The summed E-state index contributed by atoms with van der Waals surface area (Å²) in [6.45, 7) is 0. The first-order valence-corrected chi connectivity index (χ1v) is 10.1. The fraction of sp³-hybridized carbons (Fsp3) is 0.125. The molecule has 0 bridgehead atoms. The van der Waals surface area contributed by atoms with Gasteiger partial charge in [-0.25, -0.2) is 4.52 Å². The standard InChI is InChI=1S/C24H18N6O2/c25-12-15-1-4-18(5-2-15)30(19-6-7-19)24(32)16-9-10-29-22(11-16)20(14-28-29)17-3-8-21(23(26)31)27-13-17/h1-5,8-11,13-14,19H,6-7H2,(H2,26,31). The summed E-state index contributed by atoms with van der Waals surface area (Å²) in [5.41, 5.74) is 9.63. The number of benzene rings is 1. The Morgan fingerprint density at radius 2 is 1.88 bits per heavy atom. The summed E-state index contributed by atoms with van der Waals surface area (Å²) in [5, 5.41) is 13.4. The monoisotopic (exact) mass is 422 g/mol. The van der Waals surface area contributed by atoms with Gasteiger partial charge in [-0.05, 0) is 55.3 Å². The van der Waals surface area contributed by atoms with E-state index in [1.807, 2.05) is 18.2 Å². The lowest BCUT2D eigenvalue weighted by Crippen LogP contribution is -2.33. The van der Waals surface area contributed by atoms with Gasteiger partial charge in [-0.15, -0.1) is 0 Å². The molecule has 0 aliphatic heterocycles. The lowest BCUT2D eigenvalue weighted by molar-refractivity contribution is 0.0981. The Kier molecular flexibility index (Phi) is 4.64. The summed E-state index contributed by atoms with van der Waals surface area (Å²) >= 11 is 0. The van der Waals surface area contributed by atoms with Gasteiger partial charge in [-0.1, -0.05) is 6.07 Å². The highest BCUT2D eigenvalue weighted by molar-refractivity contribution is 6.08. The van der Waals surface area contributed by atoms with Crippen molar-refractivity contribution in [3.8, 4) is 17.2 Å². The SMILES string of the molecule is N#Cc1ccc(N(C(=O)c2ccn3ncc(-c4ccc(C(N)=O)nc4)c3c2)C2CC2)cc1. The minimum absolute atomic E-state index is 0.103. The molecule has 1 fully saturated rings. The van der Waals surface area contributed by atoms with Crippen LogP contribution in [0.2, 0.25) is 0 Å². The van der Waals surface area contributed by atoms with E-state index in [4.69, 9.17) is 11.0 Å². The Morgan fingerprint density at radius 3 is 2.50 bits per heavy atom. The van der Waals surface area contributed by atoms with Crippen molar-refractivity contribution in [1.82, 2.24) is 14.6 Å². The molecule has 3 aromatic heterocycles. The van der Waals surface area contributed by atoms with Gasteiger partial charge in [0.15, 0.2) is 0 Å². The summed E-state index contributed by atoms with van der Waals surface area (Å²) in [6.07, 6.45) is 6.91. The van der Waals surface area contributed by atoms with E-state index in [1.165, 1.54) is 0 Å². The van der Waals surface area contributed by atoms with Crippen LogP contribution in [0.15, 0.2) is 67.1 Å². The number of hydrogen-bond donors (Lipinski definition) is 1. The van der Waals surface area contributed by atoms with Gasteiger partial charge in [0.05, 0.1) is 23.3 Å². The molecule has 2 amide bonds. The number of amides is 2. The molecule has 4 aromatic rings. The van der Waals surface area contributed by atoms with Crippen LogP contribution in [0, 0.1) is 11.3 Å². The highest BCUT2D eigenvalue weighted by Crippen LogP contribution is 2.34. The van der Waals surface area contributed by atoms with Crippen LogP contribution in [-0.2, 0) is 0 Å². The van der Waals surface area contributed by atoms with E-state index < -0.39 is 5.91 Å². The molecule has 1 aromatic carbocycles. The van der Waals surface area contributed by atoms with Gasteiger partial charge in [-0.3, -0.25) is 14.6 Å². The molecule has 0 atom stereocenters. The molecule has 1 saturated carbocycles. The van der Waals surface area contributed by atoms with E-state index in [-0.39, 0.29) is 17.6 Å². The number of pyridine rings is 2. The zero-order chi connectivity index (χ0) is 22.2. The molecule has 1 aliphatic rings. The molecule has 0 unspecified atom stereocenters. The second kappa shape index (κ2) is 7.63. The van der Waals surface area contributed by atoms with Gasteiger partial charge < -0.3 is 10.6 Å². The van der Waals surface area contributed by atoms with Gasteiger partial charge in [-0.2, -0.15) is 10.4 Å². The van der Waals surface area contributed by atoms with Crippen molar-refractivity contribution >= 4 is 23.0 Å². The lowest BCUT2D eigenvalue weighted by atomic mass is 10.1. The Bertz CT molecular complexity index is 1380. The van der Waals surface area contributed by atoms with Crippen molar-refractivity contribution in [3.05, 3.63) is 83.9 Å². The smallest absolute Gasteiger partial charge is 0.267 e. The van der Waals surface area contributed by atoms with Crippen LogP contribution in [0.25, 0.3) is 16.6 Å². The maximum Gasteiger partial charge on any atom is 0.267 e. The number of nitriles is 1. The van der Waals surface area contributed by atoms with Gasteiger partial charge in [0.25, 0.3) is 11.8 Å². The van der Waals surface area contributed by atoms with E-state index in [0.717, 1.165) is 35.2 Å². The molecule has 156 valence electrons. The van der Waals surface area contributed by atoms with Crippen molar-refractivity contribution < 1.29 is 9.59 Å². The van der Waals surface area contributed by atoms with Crippen LogP contribution < -0.4 is 10.6 Å². The number of rotatable bonds is 5. The molecule has 2 N–H and O–H groups in total. The molecule has 32 heavy (non-hydrogen) atoms. The molecule has 1 aliphatic carbocycles. The predicted octanol–water partition coefficient (Wildman–Crippen LogP) is 3.18. The second-order valence-corrected chi connectivity index (χ2v) is 7.66. The fourth-order valence-electron chi connectivity index (χ4n) is 3.70. The van der Waals surface area contributed by atoms with Crippen LogP contribution in [0.4, 0.5) is 5.69 Å². The van der Waals surface area contributed by atoms with Crippen LogP contribution in [0.1, 0.15) is 39.3 Å². The fourth-order valence-corrected chi connectivity index (χ4v) is 3.70. The molecular formula is C24H18N6O2. The minimum Gasteiger partial charge on any atom is -0.364 e. The van der Waals surface area contributed by atoms with E-state index >= 15 is 0 Å². The van der Waals surface area contributed by atoms with Crippen LogP contribution in [-0.4, -0.2) is 32.5 Å². The maximum absolute atomic E-state index is 13.5. The molecule has 8 nitrogen and oxygen atoms in total. The summed E-state index contributed by atoms with van der Waals surface area (Å²) in [6, 6.07) is 16.2. The summed E-state index contributed by atoms with van der Waals surface area (Å²) in [7, 11) is 0. The first-order chi connectivity index (χ1) is 15.5. The number of fused-ring (bicyclic) bond motifs is 1. The van der Waals surface area contributed by atoms with Gasteiger partial charge in [0.2, 0.25) is 0 Å². The van der Waals surface area contributed by atoms with Crippen molar-refractivity contribution in [1.29, 1.82) is 5.26 Å². The Morgan fingerprint density at radius 1 is 1.09 bits per heavy atom. The van der Waals surface area contributed by atoms with E-state index in [2.05, 4.69) is 16.2 Å². The summed E-state index contributed by atoms with van der Waals surface area (Å²) in [4.78, 5) is 30.7. The molecule has 0 radical (unpaired) electrons. The largest absolute Gasteiger partial charge is 0.364 e. The third-order valence-corrected chi connectivity index (χ3v) is 5.50. The predicted molar refractivity (Wildman–Crippen MR) is 118 cm³/mol. The van der Waals surface area contributed by atoms with Crippen LogP contribution >= 0.6 is 0 Å². The van der Waals surface area contributed by atoms with E-state index in [9.17, 15) is 9.59 Å². The molecule has 3 heterocycles. The number of nitrogens with zero attached hydrogens (tertiary/aromatic N) is 5. The highest BCUT2D eigenvalue weighted by atomic mass is 16.2. The Labute approximate surface area is 183 Å². The number of aromatic nitrogens is 3. The number of anilines is 1. The lowest BCUT2D eigenvalue weighted by Gasteiger charge is -2.23. The van der Waals surface area contributed by atoms with Gasteiger partial charge >= 0.3 is 0 Å².